The van der Waals surface area contributed by atoms with Gasteiger partial charge in [0.1, 0.15) is 5.82 Å². The highest BCUT2D eigenvalue weighted by molar-refractivity contribution is 7.89. The monoisotopic (exact) mass is 449 g/mol. The van der Waals surface area contributed by atoms with Gasteiger partial charge in [0.2, 0.25) is 21.8 Å². The number of carbonyl (C=O) groups is 2. The highest BCUT2D eigenvalue weighted by atomic mass is 32.2. The van der Waals surface area contributed by atoms with Crippen molar-refractivity contribution < 1.29 is 22.4 Å². The van der Waals surface area contributed by atoms with Gasteiger partial charge in [0.15, 0.2) is 0 Å². The molecule has 2 rings (SSSR count). The van der Waals surface area contributed by atoms with Gasteiger partial charge in [-0.2, -0.15) is 0 Å². The van der Waals surface area contributed by atoms with Crippen molar-refractivity contribution >= 4 is 33.2 Å². The van der Waals surface area contributed by atoms with Gasteiger partial charge in [0, 0.05) is 37.8 Å². The topological polar surface area (TPSA) is 95.6 Å². The summed E-state index contributed by atoms with van der Waals surface area (Å²) in [5.74, 6) is -0.553. The summed E-state index contributed by atoms with van der Waals surface area (Å²) in [6.45, 7) is 4.08. The van der Waals surface area contributed by atoms with Crippen LogP contribution in [0.25, 0.3) is 0 Å². The normalized spacial score (nSPS) is 11.5. The van der Waals surface area contributed by atoms with E-state index in [9.17, 15) is 22.4 Å². The molecule has 0 bridgehead atoms. The summed E-state index contributed by atoms with van der Waals surface area (Å²) in [5, 5.41) is 5.54. The quantitative estimate of drug-likeness (QED) is 0.576. The number of amides is 2. The number of anilines is 2. The number of benzene rings is 2. The molecular formula is C22H28FN3O4S. The molecular weight excluding hydrogens is 421 g/mol. The number of hydrogen-bond acceptors (Lipinski definition) is 4. The lowest BCUT2D eigenvalue weighted by Crippen LogP contribution is -2.28. The Morgan fingerprint density at radius 2 is 1.45 bits per heavy atom. The van der Waals surface area contributed by atoms with Crippen LogP contribution < -0.4 is 10.6 Å². The first-order chi connectivity index (χ1) is 14.6. The lowest BCUT2D eigenvalue weighted by molar-refractivity contribution is -0.117. The fourth-order valence-electron chi connectivity index (χ4n) is 2.81. The fraction of sp³-hybridized carbons (Fsp3) is 0.364. The highest BCUT2D eigenvalue weighted by Crippen LogP contribution is 2.17. The zero-order valence-corrected chi connectivity index (χ0v) is 18.7. The van der Waals surface area contributed by atoms with Gasteiger partial charge in [0.25, 0.3) is 0 Å². The van der Waals surface area contributed by atoms with Gasteiger partial charge in [-0.3, -0.25) is 9.59 Å². The first kappa shape index (κ1) is 24.5. The van der Waals surface area contributed by atoms with Crippen LogP contribution in [0.2, 0.25) is 0 Å². The molecule has 0 fully saturated rings. The van der Waals surface area contributed by atoms with Crippen molar-refractivity contribution in [2.45, 2.75) is 38.0 Å². The molecule has 0 radical (unpaired) electrons. The minimum absolute atomic E-state index is 0.00132. The molecule has 0 unspecified atom stereocenters. The number of hydrogen-bond donors (Lipinski definition) is 2. The lowest BCUT2D eigenvalue weighted by Gasteiger charge is -2.17. The Labute approximate surface area is 182 Å². The maximum atomic E-state index is 13.0. The molecule has 31 heavy (non-hydrogen) atoms. The molecule has 0 atom stereocenters. The van der Waals surface area contributed by atoms with Crippen LogP contribution in [0.5, 0.6) is 0 Å². The first-order valence-corrected chi connectivity index (χ1v) is 11.4. The molecule has 0 aliphatic rings. The average molecular weight is 450 g/mol. The van der Waals surface area contributed by atoms with E-state index in [2.05, 4.69) is 10.6 Å². The largest absolute Gasteiger partial charge is 0.326 e. The molecule has 0 aliphatic carbocycles. The van der Waals surface area contributed by atoms with Crippen LogP contribution in [0.1, 0.15) is 33.1 Å². The molecule has 168 valence electrons. The van der Waals surface area contributed by atoms with Crippen molar-refractivity contribution in [3.8, 4) is 0 Å². The van der Waals surface area contributed by atoms with Gasteiger partial charge >= 0.3 is 0 Å². The van der Waals surface area contributed by atoms with Gasteiger partial charge in [-0.25, -0.2) is 17.1 Å². The Bertz CT molecular complexity index is 990. The summed E-state index contributed by atoms with van der Waals surface area (Å²) < 4.78 is 39.0. The third-order valence-electron chi connectivity index (χ3n) is 4.44. The Kier molecular flexibility index (Phi) is 8.70. The molecule has 2 amide bonds. The minimum atomic E-state index is -3.73. The number of rotatable bonds is 10. The highest BCUT2D eigenvalue weighted by Gasteiger charge is 2.20. The molecule has 7 nitrogen and oxygen atoms in total. The van der Waals surface area contributed by atoms with Gasteiger partial charge in [-0.1, -0.05) is 13.8 Å². The van der Waals surface area contributed by atoms with E-state index in [0.717, 1.165) is 16.4 Å². The Balaban J connectivity index is 1.80. The number of sulfonamides is 1. The first-order valence-electron chi connectivity index (χ1n) is 9.99. The lowest BCUT2D eigenvalue weighted by atomic mass is 10.1. The zero-order valence-electron chi connectivity index (χ0n) is 17.9. The fourth-order valence-corrected chi connectivity index (χ4v) is 4.02. The van der Waals surface area contributed by atoms with Crippen LogP contribution in [0, 0.1) is 11.7 Å². The number of nitrogens with one attached hydrogen (secondary N) is 2. The molecule has 0 spiro atoms. The van der Waals surface area contributed by atoms with Gasteiger partial charge in [0.05, 0.1) is 4.90 Å². The second-order valence-electron chi connectivity index (χ2n) is 7.66. The molecule has 2 N–H and O–H groups in total. The van der Waals surface area contributed by atoms with Crippen molar-refractivity contribution in [3.05, 3.63) is 54.3 Å². The van der Waals surface area contributed by atoms with Crippen molar-refractivity contribution in [3.63, 3.8) is 0 Å². The predicted octanol–water partition coefficient (Wildman–Crippen LogP) is 3.85. The number of nitrogens with zero attached hydrogens (tertiary/aromatic N) is 1. The minimum Gasteiger partial charge on any atom is -0.326 e. The SMILES string of the molecule is CC(C)CC(=O)Nc1ccc(NC(=O)CCCN(C)S(=O)(=O)c2ccc(F)cc2)cc1. The van der Waals surface area contributed by atoms with Crippen LogP contribution in [-0.4, -0.2) is 38.1 Å². The molecule has 0 heterocycles. The van der Waals surface area contributed by atoms with Gasteiger partial charge < -0.3 is 10.6 Å². The van der Waals surface area contributed by atoms with Crippen molar-refractivity contribution in [2.24, 2.45) is 5.92 Å². The van der Waals surface area contributed by atoms with E-state index >= 15 is 0 Å². The summed E-state index contributed by atoms with van der Waals surface area (Å²) in [6.07, 6.45) is 0.895. The smallest absolute Gasteiger partial charge is 0.242 e. The van der Waals surface area contributed by atoms with Gasteiger partial charge in [-0.15, -0.1) is 0 Å². The Morgan fingerprint density at radius 1 is 0.935 bits per heavy atom. The van der Waals surface area contributed by atoms with Crippen LogP contribution in [0.15, 0.2) is 53.4 Å². The third kappa shape index (κ3) is 7.76. The van der Waals surface area contributed by atoms with E-state index in [1.54, 1.807) is 24.3 Å². The molecule has 9 heteroatoms. The summed E-state index contributed by atoms with van der Waals surface area (Å²) in [5.41, 5.74) is 1.23. The van der Waals surface area contributed by atoms with E-state index in [1.165, 1.54) is 19.2 Å². The average Bonchev–Trinajstić information content (AvgIpc) is 2.69. The van der Waals surface area contributed by atoms with E-state index in [1.807, 2.05) is 13.8 Å². The number of halogens is 1. The van der Waals surface area contributed by atoms with Crippen molar-refractivity contribution in [1.29, 1.82) is 0 Å². The zero-order chi connectivity index (χ0) is 23.0. The van der Waals surface area contributed by atoms with Crippen molar-refractivity contribution in [2.75, 3.05) is 24.2 Å². The second kappa shape index (κ2) is 11.0. The van der Waals surface area contributed by atoms with E-state index < -0.39 is 15.8 Å². The maximum Gasteiger partial charge on any atom is 0.242 e. The molecule has 0 saturated heterocycles. The molecule has 0 aromatic heterocycles. The summed E-state index contributed by atoms with van der Waals surface area (Å²) in [6, 6.07) is 11.4. The van der Waals surface area contributed by atoms with Crippen molar-refractivity contribution in [1.82, 2.24) is 4.31 Å². The molecule has 2 aromatic rings. The summed E-state index contributed by atoms with van der Waals surface area (Å²) >= 11 is 0. The van der Waals surface area contributed by atoms with E-state index in [0.29, 0.717) is 24.2 Å². The summed E-state index contributed by atoms with van der Waals surface area (Å²) in [7, 11) is -2.32. The Hall–Kier alpha value is -2.78. The number of carbonyl (C=O) groups excluding carboxylic acids is 2. The van der Waals surface area contributed by atoms with E-state index in [-0.39, 0.29) is 35.6 Å². The van der Waals surface area contributed by atoms with E-state index in [4.69, 9.17) is 0 Å². The van der Waals surface area contributed by atoms with Gasteiger partial charge in [-0.05, 0) is 60.9 Å². The standard InChI is InChI=1S/C22H28FN3O4S/c1-16(2)15-22(28)25-19-10-8-18(9-11-19)24-21(27)5-4-14-26(3)31(29,30)20-12-6-17(23)7-13-20/h6-13,16H,4-5,14-15H2,1-3H3,(H,24,27)(H,25,28). The molecule has 0 aliphatic heterocycles. The Morgan fingerprint density at radius 3 is 1.97 bits per heavy atom. The molecule has 2 aromatic carbocycles. The van der Waals surface area contributed by atoms with Crippen LogP contribution in [0.3, 0.4) is 0 Å². The van der Waals surface area contributed by atoms with Crippen LogP contribution in [0.4, 0.5) is 15.8 Å². The second-order valence-corrected chi connectivity index (χ2v) is 9.70. The maximum absolute atomic E-state index is 13.0. The van der Waals surface area contributed by atoms with Crippen LogP contribution in [-0.2, 0) is 19.6 Å². The van der Waals surface area contributed by atoms with Crippen LogP contribution >= 0.6 is 0 Å². The third-order valence-corrected chi connectivity index (χ3v) is 6.32. The molecule has 0 saturated carbocycles. The summed E-state index contributed by atoms with van der Waals surface area (Å²) in [4.78, 5) is 23.9. The predicted molar refractivity (Wildman–Crippen MR) is 119 cm³/mol.